The zero-order chi connectivity index (χ0) is 5.91. The highest BCUT2D eigenvalue weighted by Gasteiger charge is 2.30. The quantitative estimate of drug-likeness (QED) is 0.387. The summed E-state index contributed by atoms with van der Waals surface area (Å²) >= 11 is 17.8. The van der Waals surface area contributed by atoms with Gasteiger partial charge in [-0.05, 0) is 17.0 Å². The van der Waals surface area contributed by atoms with Gasteiger partial charge in [0.2, 0.25) is 15.5 Å². The largest absolute Gasteiger partial charge is 0.403 e. The van der Waals surface area contributed by atoms with Crippen LogP contribution < -0.4 is 0 Å². The molecule has 0 fully saturated rings. The second-order valence-electron chi connectivity index (χ2n) is 0.610. The number of halogens is 3. The molecule has 0 aliphatic carbocycles. The van der Waals surface area contributed by atoms with Crippen LogP contribution >= 0.6 is 55.0 Å². The number of rotatable bonds is 1. The maximum atomic E-state index is 5.33. The van der Waals surface area contributed by atoms with Crippen molar-refractivity contribution in [1.82, 2.24) is 0 Å². The molecule has 7 heavy (non-hydrogen) atoms. The molecule has 6 heteroatoms. The Bertz CT molecular complexity index is 105. The minimum absolute atomic E-state index is 2.05. The molecule has 0 N–H and O–H groups in total. The second kappa shape index (κ2) is 3.34. The molecule has 0 saturated carbocycles. The van der Waals surface area contributed by atoms with Crippen molar-refractivity contribution in [2.75, 3.05) is 0 Å². The fourth-order valence-corrected chi connectivity index (χ4v) is 1.55. The van der Waals surface area contributed by atoms with Gasteiger partial charge in [0, 0.05) is 0 Å². The number of thiocarbonyl (C=S) groups is 1. The number of isothiocyanates is 1. The van der Waals surface area contributed by atoms with Gasteiger partial charge in [0.1, 0.15) is 5.16 Å². The number of hydrogen-bond acceptors (Lipinski definition) is 2. The summed E-state index contributed by atoms with van der Waals surface area (Å²) in [5, 5.41) is 2.05. The molecule has 1 nitrogen and oxygen atoms in total. The van der Waals surface area contributed by atoms with Crippen LogP contribution in [0.3, 0.4) is 0 Å². The molecule has 0 aliphatic rings. The fraction of sp³-hybridized carbons (Fsp3) is 0. The first kappa shape index (κ1) is 8.29. The molecule has 0 unspecified atom stereocenters. The highest BCUT2D eigenvalue weighted by molar-refractivity contribution is 9.47. The lowest BCUT2D eigenvalue weighted by Gasteiger charge is -1.80. The predicted molar refractivity (Wildman–Crippen MR) is 42.6 cm³/mol. The average Bonchev–Trinajstić information content (AvgIpc) is 1.30. The van der Waals surface area contributed by atoms with E-state index in [9.17, 15) is 0 Å². The van der Waals surface area contributed by atoms with Gasteiger partial charge in [-0.2, -0.15) is 0 Å². The normalized spacial score (nSPS) is 10.1. The maximum absolute atomic E-state index is 5.33. The smallest absolute Gasteiger partial charge is 0.0239 e. The average molecular weight is 240 g/mol. The van der Waals surface area contributed by atoms with Gasteiger partial charge in [0.05, 0.1) is 0 Å². The van der Waals surface area contributed by atoms with Crippen LogP contribution in [0.4, 0.5) is 0 Å². The summed E-state index contributed by atoms with van der Waals surface area (Å²) in [6.45, 7) is 0. The standard InChI is InChI=1S/CBrCl2NPS/c2-6(3,4)5-1-7/q+1. The first-order valence-corrected chi connectivity index (χ1v) is 7.11. The van der Waals surface area contributed by atoms with E-state index in [0.29, 0.717) is 0 Å². The minimum atomic E-state index is -2.25. The van der Waals surface area contributed by atoms with Crippen LogP contribution in [-0.2, 0) is 0 Å². The monoisotopic (exact) mass is 238 g/mol. The van der Waals surface area contributed by atoms with Crippen molar-refractivity contribution < 1.29 is 0 Å². The molecular weight excluding hydrogens is 240 g/mol. The van der Waals surface area contributed by atoms with Crippen molar-refractivity contribution in [2.24, 2.45) is 4.76 Å². The first-order valence-electron chi connectivity index (χ1n) is 1.13. The van der Waals surface area contributed by atoms with Gasteiger partial charge in [0.25, 0.3) is 0 Å². The summed E-state index contributed by atoms with van der Waals surface area (Å²) < 4.78 is 3.38. The van der Waals surface area contributed by atoms with E-state index in [0.717, 1.165) is 0 Å². The van der Waals surface area contributed by atoms with Crippen LogP contribution in [0, 0.1) is 0 Å². The summed E-state index contributed by atoms with van der Waals surface area (Å²) in [6.07, 6.45) is 0. The van der Waals surface area contributed by atoms with Crippen molar-refractivity contribution in [1.29, 1.82) is 0 Å². The summed E-state index contributed by atoms with van der Waals surface area (Å²) in [5.41, 5.74) is 0. The topological polar surface area (TPSA) is 12.4 Å². The van der Waals surface area contributed by atoms with E-state index in [1.165, 1.54) is 0 Å². The Morgan fingerprint density at radius 2 is 2.14 bits per heavy atom. The van der Waals surface area contributed by atoms with Crippen molar-refractivity contribution in [3.05, 3.63) is 0 Å². The Hall–Kier alpha value is 1.29. The zero-order valence-corrected chi connectivity index (χ0v) is 7.75. The summed E-state index contributed by atoms with van der Waals surface area (Å²) in [7, 11) is 0. The van der Waals surface area contributed by atoms with E-state index in [2.05, 4.69) is 37.6 Å². The molecule has 0 radical (unpaired) electrons. The molecule has 0 aromatic heterocycles. The molecule has 0 aromatic rings. The van der Waals surface area contributed by atoms with Crippen LogP contribution in [0.25, 0.3) is 0 Å². The predicted octanol–water partition coefficient (Wildman–Crippen LogP) is 3.64. The van der Waals surface area contributed by atoms with Crippen molar-refractivity contribution >= 4 is 60.2 Å². The summed E-state index contributed by atoms with van der Waals surface area (Å²) in [4.78, 5) is -2.25. The van der Waals surface area contributed by atoms with Crippen molar-refractivity contribution in [3.8, 4) is 0 Å². The summed E-state index contributed by atoms with van der Waals surface area (Å²) in [5.74, 6) is 0. The molecule has 0 aliphatic heterocycles. The third-order valence-corrected chi connectivity index (χ3v) is 1.64. The zero-order valence-electron chi connectivity index (χ0n) is 2.94. The maximum Gasteiger partial charge on any atom is 0.403 e. The first-order chi connectivity index (χ1) is 3.06. The molecule has 0 aromatic carbocycles. The molecule has 0 spiro atoms. The van der Waals surface area contributed by atoms with Gasteiger partial charge in [-0.1, -0.05) is 0 Å². The van der Waals surface area contributed by atoms with E-state index in [-0.39, 0.29) is 0 Å². The van der Waals surface area contributed by atoms with Gasteiger partial charge < -0.3 is 0 Å². The fourth-order valence-electron chi connectivity index (χ4n) is 0.0463. The Balaban J connectivity index is 3.80. The lowest BCUT2D eigenvalue weighted by Crippen LogP contribution is -1.44. The minimum Gasteiger partial charge on any atom is -0.0239 e. The van der Waals surface area contributed by atoms with Crippen LogP contribution in [0.5, 0.6) is 0 Å². The number of hydrogen-bond donors (Lipinski definition) is 0. The molecule has 0 amide bonds. The molecule has 0 atom stereocenters. The third kappa shape index (κ3) is 7.29. The highest BCUT2D eigenvalue weighted by atomic mass is 79.9. The molecule has 0 rings (SSSR count). The molecule has 0 saturated heterocycles. The van der Waals surface area contributed by atoms with Gasteiger partial charge >= 0.3 is 4.82 Å². The van der Waals surface area contributed by atoms with Gasteiger partial charge in [-0.25, -0.2) is 0 Å². The Morgan fingerprint density at radius 3 is 2.14 bits per heavy atom. The Kier molecular flexibility index (Phi) is 3.96. The molecular formula is CBrCl2NPS+. The van der Waals surface area contributed by atoms with Crippen molar-refractivity contribution in [2.45, 2.75) is 0 Å². The van der Waals surface area contributed by atoms with E-state index >= 15 is 0 Å². The molecule has 0 bridgehead atoms. The van der Waals surface area contributed by atoms with Gasteiger partial charge in [-0.3, -0.25) is 0 Å². The third-order valence-electron chi connectivity index (χ3n) is 0.154. The van der Waals surface area contributed by atoms with E-state index in [1.54, 1.807) is 0 Å². The number of nitrogens with zero attached hydrogens (tertiary/aromatic N) is 1. The van der Waals surface area contributed by atoms with Crippen LogP contribution in [0.1, 0.15) is 0 Å². The lowest BCUT2D eigenvalue weighted by molar-refractivity contribution is 2.02. The Morgan fingerprint density at radius 1 is 1.71 bits per heavy atom. The molecule has 40 valence electrons. The van der Waals surface area contributed by atoms with Gasteiger partial charge in [-0.15, -0.1) is 0 Å². The van der Waals surface area contributed by atoms with Crippen LogP contribution in [0.15, 0.2) is 4.76 Å². The summed E-state index contributed by atoms with van der Waals surface area (Å²) in [6, 6.07) is 0. The molecule has 0 heterocycles. The van der Waals surface area contributed by atoms with E-state index < -0.39 is 4.82 Å². The van der Waals surface area contributed by atoms with E-state index in [4.69, 9.17) is 22.5 Å². The Labute approximate surface area is 64.8 Å². The second-order valence-corrected chi connectivity index (χ2v) is 10.8. The van der Waals surface area contributed by atoms with Crippen molar-refractivity contribution in [3.63, 3.8) is 0 Å². The van der Waals surface area contributed by atoms with Gasteiger partial charge in [0.15, 0.2) is 22.5 Å². The highest BCUT2D eigenvalue weighted by Crippen LogP contribution is 2.77. The van der Waals surface area contributed by atoms with E-state index in [1.807, 2.05) is 0 Å². The van der Waals surface area contributed by atoms with Crippen LogP contribution in [-0.4, -0.2) is 5.16 Å². The van der Waals surface area contributed by atoms with Crippen LogP contribution in [0.2, 0.25) is 0 Å². The lowest BCUT2D eigenvalue weighted by atomic mass is 11.8. The SMILES string of the molecule is S=C=N[P+](Cl)(Cl)Br.